The Bertz CT molecular complexity index is 1090. The highest BCUT2D eigenvalue weighted by Crippen LogP contribution is 2.40. The topological polar surface area (TPSA) is 17.1 Å². The Kier molecular flexibility index (Phi) is 6.46. The molecule has 1 nitrogen and oxygen atoms in total. The standard InChI is InChI=1S/C23H15ClF6O/c24-20-13-15(14-5-8-16(25)9-6-14)7-10-19(20)22(26,27)12-11-21(31)17-3-1-2-4-18(17)23(28,29)30/h1-10,13H,11-12H2. The second kappa shape index (κ2) is 8.75. The van der Waals surface area contributed by atoms with E-state index in [9.17, 15) is 31.1 Å². The second-order valence-electron chi connectivity index (χ2n) is 6.87. The van der Waals surface area contributed by atoms with E-state index in [0.717, 1.165) is 24.3 Å². The molecule has 0 unspecified atom stereocenters. The number of hydrogen-bond acceptors (Lipinski definition) is 1. The van der Waals surface area contributed by atoms with Crippen LogP contribution in [0.4, 0.5) is 26.3 Å². The summed E-state index contributed by atoms with van der Waals surface area (Å²) < 4.78 is 81.6. The van der Waals surface area contributed by atoms with Crippen molar-refractivity contribution >= 4 is 17.4 Å². The Labute approximate surface area is 179 Å². The number of Topliss-reactive ketones (excluding diaryl/α,β-unsaturated/α-hetero) is 1. The van der Waals surface area contributed by atoms with Crippen LogP contribution in [-0.4, -0.2) is 5.78 Å². The van der Waals surface area contributed by atoms with Crippen molar-refractivity contribution in [2.24, 2.45) is 0 Å². The normalized spacial score (nSPS) is 12.1. The summed E-state index contributed by atoms with van der Waals surface area (Å²) in [6.45, 7) is 0. The molecule has 3 rings (SSSR count). The average molecular weight is 457 g/mol. The lowest BCUT2D eigenvalue weighted by molar-refractivity contribution is -0.137. The molecule has 0 aliphatic rings. The maximum absolute atomic E-state index is 14.7. The van der Waals surface area contributed by atoms with Gasteiger partial charge in [-0.2, -0.15) is 13.2 Å². The molecule has 0 radical (unpaired) electrons. The molecule has 3 aromatic rings. The van der Waals surface area contributed by atoms with Gasteiger partial charge in [-0.25, -0.2) is 13.2 Å². The van der Waals surface area contributed by atoms with Crippen LogP contribution in [0.15, 0.2) is 66.7 Å². The van der Waals surface area contributed by atoms with Crippen LogP contribution in [0.1, 0.15) is 34.3 Å². The number of rotatable bonds is 6. The van der Waals surface area contributed by atoms with E-state index in [4.69, 9.17) is 11.6 Å². The Hall–Kier alpha value is -2.80. The highest BCUT2D eigenvalue weighted by atomic mass is 35.5. The molecule has 0 fully saturated rings. The van der Waals surface area contributed by atoms with Crippen molar-refractivity contribution in [2.75, 3.05) is 0 Å². The highest BCUT2D eigenvalue weighted by Gasteiger charge is 2.37. The Balaban J connectivity index is 1.78. The molecule has 0 spiro atoms. The Morgan fingerprint density at radius 1 is 0.806 bits per heavy atom. The Morgan fingerprint density at radius 2 is 1.42 bits per heavy atom. The first-order chi connectivity index (χ1) is 14.5. The minimum absolute atomic E-state index is 0.269. The molecular formula is C23H15ClF6O. The predicted molar refractivity (Wildman–Crippen MR) is 106 cm³/mol. The van der Waals surface area contributed by atoms with Gasteiger partial charge in [-0.1, -0.05) is 54.1 Å². The number of carbonyl (C=O) groups excluding carboxylic acids is 1. The van der Waals surface area contributed by atoms with Crippen molar-refractivity contribution in [3.05, 3.63) is 94.3 Å². The van der Waals surface area contributed by atoms with Gasteiger partial charge in [-0.05, 0) is 35.4 Å². The fraction of sp³-hybridized carbons (Fsp3) is 0.174. The molecule has 0 heterocycles. The third kappa shape index (κ3) is 5.28. The summed E-state index contributed by atoms with van der Waals surface area (Å²) >= 11 is 6.02. The first kappa shape index (κ1) is 22.9. The molecule has 31 heavy (non-hydrogen) atoms. The summed E-state index contributed by atoms with van der Waals surface area (Å²) in [5.74, 6) is -5.03. The van der Waals surface area contributed by atoms with E-state index >= 15 is 0 Å². The summed E-state index contributed by atoms with van der Waals surface area (Å²) in [6, 6.07) is 13.2. The number of alkyl halides is 5. The van der Waals surface area contributed by atoms with Crippen molar-refractivity contribution in [3.63, 3.8) is 0 Å². The summed E-state index contributed by atoms with van der Waals surface area (Å²) in [5, 5.41) is -0.269. The quantitative estimate of drug-likeness (QED) is 0.272. The summed E-state index contributed by atoms with van der Waals surface area (Å²) in [7, 11) is 0. The Morgan fingerprint density at radius 3 is 2.03 bits per heavy atom. The minimum Gasteiger partial charge on any atom is -0.294 e. The lowest BCUT2D eigenvalue weighted by Gasteiger charge is -2.19. The summed E-state index contributed by atoms with van der Waals surface area (Å²) in [4.78, 5) is 12.2. The number of halogens is 7. The zero-order valence-electron chi connectivity index (χ0n) is 15.8. The van der Waals surface area contributed by atoms with E-state index in [1.54, 1.807) is 0 Å². The van der Waals surface area contributed by atoms with Crippen LogP contribution in [0.3, 0.4) is 0 Å². The molecule has 0 saturated carbocycles. The average Bonchev–Trinajstić information content (AvgIpc) is 2.71. The van der Waals surface area contributed by atoms with Crippen LogP contribution in [0, 0.1) is 5.82 Å². The maximum atomic E-state index is 14.7. The lowest BCUT2D eigenvalue weighted by atomic mass is 9.95. The molecule has 0 aromatic heterocycles. The maximum Gasteiger partial charge on any atom is 0.417 e. The summed E-state index contributed by atoms with van der Waals surface area (Å²) in [6.07, 6.45) is -6.57. The van der Waals surface area contributed by atoms with Crippen LogP contribution >= 0.6 is 11.6 Å². The molecule has 0 amide bonds. The molecule has 0 saturated heterocycles. The molecule has 8 heteroatoms. The third-order valence-corrected chi connectivity index (χ3v) is 5.05. The number of benzene rings is 3. The molecule has 0 aliphatic heterocycles. The first-order valence-corrected chi connectivity index (χ1v) is 9.50. The van der Waals surface area contributed by atoms with E-state index in [1.165, 1.54) is 42.5 Å². The number of carbonyl (C=O) groups is 1. The van der Waals surface area contributed by atoms with Crippen LogP contribution in [0.5, 0.6) is 0 Å². The molecular weight excluding hydrogens is 442 g/mol. The largest absolute Gasteiger partial charge is 0.417 e. The van der Waals surface area contributed by atoms with E-state index in [1.807, 2.05) is 0 Å². The fourth-order valence-corrected chi connectivity index (χ4v) is 3.47. The number of ketones is 1. The lowest BCUT2D eigenvalue weighted by Crippen LogP contribution is -2.18. The smallest absolute Gasteiger partial charge is 0.294 e. The van der Waals surface area contributed by atoms with Gasteiger partial charge in [0, 0.05) is 24.0 Å². The van der Waals surface area contributed by atoms with Gasteiger partial charge in [0.05, 0.1) is 10.6 Å². The van der Waals surface area contributed by atoms with Gasteiger partial charge in [0.25, 0.3) is 5.92 Å². The molecule has 0 N–H and O–H groups in total. The van der Waals surface area contributed by atoms with Crippen molar-refractivity contribution in [1.82, 2.24) is 0 Å². The van der Waals surface area contributed by atoms with Gasteiger partial charge in [-0.3, -0.25) is 4.79 Å². The monoisotopic (exact) mass is 456 g/mol. The van der Waals surface area contributed by atoms with Gasteiger partial charge < -0.3 is 0 Å². The van der Waals surface area contributed by atoms with Crippen LogP contribution in [0.2, 0.25) is 5.02 Å². The fourth-order valence-electron chi connectivity index (χ4n) is 3.15. The van der Waals surface area contributed by atoms with Gasteiger partial charge in [0.15, 0.2) is 5.78 Å². The van der Waals surface area contributed by atoms with E-state index in [2.05, 4.69) is 0 Å². The zero-order chi connectivity index (χ0) is 22.8. The molecule has 0 aliphatic carbocycles. The van der Waals surface area contributed by atoms with Crippen molar-refractivity contribution in [3.8, 4) is 11.1 Å². The van der Waals surface area contributed by atoms with E-state index < -0.39 is 53.2 Å². The van der Waals surface area contributed by atoms with Crippen LogP contribution in [0.25, 0.3) is 11.1 Å². The van der Waals surface area contributed by atoms with Gasteiger partial charge in [0.1, 0.15) is 5.82 Å². The predicted octanol–water partition coefficient (Wildman–Crippen LogP) is 7.92. The van der Waals surface area contributed by atoms with Crippen LogP contribution < -0.4 is 0 Å². The van der Waals surface area contributed by atoms with Crippen molar-refractivity contribution < 1.29 is 31.1 Å². The van der Waals surface area contributed by atoms with Gasteiger partial charge in [0.2, 0.25) is 0 Å². The SMILES string of the molecule is O=C(CCC(F)(F)c1ccc(-c2ccc(F)cc2)cc1Cl)c1ccccc1C(F)(F)F. The third-order valence-electron chi connectivity index (χ3n) is 4.74. The molecule has 0 bridgehead atoms. The van der Waals surface area contributed by atoms with E-state index in [-0.39, 0.29) is 5.02 Å². The van der Waals surface area contributed by atoms with Gasteiger partial charge in [-0.15, -0.1) is 0 Å². The second-order valence-corrected chi connectivity index (χ2v) is 7.28. The van der Waals surface area contributed by atoms with Crippen molar-refractivity contribution in [2.45, 2.75) is 24.9 Å². The summed E-state index contributed by atoms with van der Waals surface area (Å²) in [5.41, 5.74) is -1.30. The first-order valence-electron chi connectivity index (χ1n) is 9.12. The number of hydrogen-bond donors (Lipinski definition) is 0. The minimum atomic E-state index is -4.77. The molecule has 162 valence electrons. The van der Waals surface area contributed by atoms with E-state index in [0.29, 0.717) is 11.1 Å². The molecule has 3 aromatic carbocycles. The zero-order valence-corrected chi connectivity index (χ0v) is 16.6. The van der Waals surface area contributed by atoms with Crippen LogP contribution in [-0.2, 0) is 12.1 Å². The van der Waals surface area contributed by atoms with Gasteiger partial charge >= 0.3 is 6.18 Å². The highest BCUT2D eigenvalue weighted by molar-refractivity contribution is 6.31. The molecule has 0 atom stereocenters. The van der Waals surface area contributed by atoms with Crippen molar-refractivity contribution in [1.29, 1.82) is 0 Å².